The highest BCUT2D eigenvalue weighted by atomic mass is 32.2. The fourth-order valence-electron chi connectivity index (χ4n) is 2.89. The molecule has 0 saturated carbocycles. The lowest BCUT2D eigenvalue weighted by molar-refractivity contribution is 0.0962. The van der Waals surface area contributed by atoms with Crippen LogP contribution in [0.3, 0.4) is 0 Å². The maximum Gasteiger partial charge on any atom is 0.277 e. The van der Waals surface area contributed by atoms with Crippen molar-refractivity contribution in [2.75, 3.05) is 5.75 Å². The van der Waals surface area contributed by atoms with Gasteiger partial charge in [-0.3, -0.25) is 19.1 Å². The van der Waals surface area contributed by atoms with E-state index in [2.05, 4.69) is 10.4 Å². The Balaban J connectivity index is 2.20. The standard InChI is InChI=1S/C16H17N3O5S/c1-3-19-16(22)11(8-18-19)14(20)9-5-6-12(25(23,24)4-2)13-10(9)7-17-15(13)21/h5-6,8,18H,3-4,7H2,1-2H3,(H,17,21). The molecule has 0 aliphatic carbocycles. The van der Waals surface area contributed by atoms with Crippen molar-refractivity contribution in [2.45, 2.75) is 31.8 Å². The summed E-state index contributed by atoms with van der Waals surface area (Å²) in [6, 6.07) is 2.63. The van der Waals surface area contributed by atoms with Crippen molar-refractivity contribution >= 4 is 21.5 Å². The molecule has 9 heteroatoms. The molecule has 1 aliphatic heterocycles. The van der Waals surface area contributed by atoms with Crippen LogP contribution in [-0.4, -0.2) is 35.6 Å². The van der Waals surface area contributed by atoms with Crippen molar-refractivity contribution in [3.8, 4) is 0 Å². The summed E-state index contributed by atoms with van der Waals surface area (Å²) < 4.78 is 25.7. The summed E-state index contributed by atoms with van der Waals surface area (Å²) in [6.45, 7) is 3.68. The Morgan fingerprint density at radius 2 is 1.92 bits per heavy atom. The van der Waals surface area contributed by atoms with E-state index in [1.807, 2.05) is 0 Å². The topological polar surface area (TPSA) is 118 Å². The van der Waals surface area contributed by atoms with E-state index < -0.39 is 27.1 Å². The number of nitrogens with one attached hydrogen (secondary N) is 2. The van der Waals surface area contributed by atoms with Gasteiger partial charge in [0.1, 0.15) is 5.56 Å². The minimum absolute atomic E-state index is 0.000877. The molecule has 3 rings (SSSR count). The Morgan fingerprint density at radius 1 is 1.20 bits per heavy atom. The molecule has 1 aromatic carbocycles. The molecule has 0 fully saturated rings. The third-order valence-electron chi connectivity index (χ3n) is 4.29. The lowest BCUT2D eigenvalue weighted by atomic mass is 9.97. The Bertz CT molecular complexity index is 1050. The summed E-state index contributed by atoms with van der Waals surface area (Å²) in [7, 11) is -3.62. The molecule has 2 heterocycles. The minimum Gasteiger partial charge on any atom is -0.348 e. The molecule has 8 nitrogen and oxygen atoms in total. The van der Waals surface area contributed by atoms with Crippen molar-refractivity contribution in [3.05, 3.63) is 50.9 Å². The Morgan fingerprint density at radius 3 is 2.52 bits per heavy atom. The number of nitrogens with zero attached hydrogens (tertiary/aromatic N) is 1. The van der Waals surface area contributed by atoms with Crippen LogP contribution < -0.4 is 10.9 Å². The van der Waals surface area contributed by atoms with Gasteiger partial charge in [0, 0.05) is 24.8 Å². The third kappa shape index (κ3) is 2.60. The number of benzene rings is 1. The molecule has 1 aliphatic rings. The molecule has 1 aromatic heterocycles. The fourth-order valence-corrected chi connectivity index (χ4v) is 4.01. The van der Waals surface area contributed by atoms with Gasteiger partial charge in [-0.05, 0) is 24.6 Å². The maximum atomic E-state index is 12.8. The van der Waals surface area contributed by atoms with Gasteiger partial charge in [-0.2, -0.15) is 0 Å². The molecular formula is C16H17N3O5S. The van der Waals surface area contributed by atoms with Crippen LogP contribution >= 0.6 is 0 Å². The van der Waals surface area contributed by atoms with Crippen molar-refractivity contribution in [1.82, 2.24) is 15.1 Å². The van der Waals surface area contributed by atoms with Gasteiger partial charge in [-0.25, -0.2) is 8.42 Å². The third-order valence-corrected chi connectivity index (χ3v) is 6.06. The SMILES string of the molecule is CCn1[nH]cc(C(=O)c2ccc(S(=O)(=O)CC)c3c2CNC3=O)c1=O. The smallest absolute Gasteiger partial charge is 0.277 e. The van der Waals surface area contributed by atoms with Gasteiger partial charge in [0.25, 0.3) is 11.5 Å². The van der Waals surface area contributed by atoms with E-state index in [0.717, 1.165) is 0 Å². The highest BCUT2D eigenvalue weighted by Crippen LogP contribution is 2.29. The number of carbonyl (C=O) groups excluding carboxylic acids is 2. The maximum absolute atomic E-state index is 12.8. The minimum atomic E-state index is -3.62. The molecular weight excluding hydrogens is 346 g/mol. The Kier molecular flexibility index (Phi) is 4.11. The first kappa shape index (κ1) is 17.2. The largest absolute Gasteiger partial charge is 0.348 e. The highest BCUT2D eigenvalue weighted by molar-refractivity contribution is 7.91. The quantitative estimate of drug-likeness (QED) is 0.749. The number of rotatable bonds is 5. The number of aromatic nitrogens is 2. The van der Waals surface area contributed by atoms with Gasteiger partial charge in [0.15, 0.2) is 9.84 Å². The van der Waals surface area contributed by atoms with Crippen molar-refractivity contribution < 1.29 is 18.0 Å². The lowest BCUT2D eigenvalue weighted by Gasteiger charge is -2.10. The first-order valence-corrected chi connectivity index (χ1v) is 9.46. The lowest BCUT2D eigenvalue weighted by Crippen LogP contribution is -2.22. The summed E-state index contributed by atoms with van der Waals surface area (Å²) in [4.78, 5) is 37.0. The number of sulfone groups is 1. The van der Waals surface area contributed by atoms with Gasteiger partial charge in [-0.1, -0.05) is 6.92 Å². The zero-order valence-corrected chi connectivity index (χ0v) is 14.6. The number of carbonyl (C=O) groups is 2. The number of ketones is 1. The van der Waals surface area contributed by atoms with Crippen molar-refractivity contribution in [2.24, 2.45) is 0 Å². The van der Waals surface area contributed by atoms with Crippen LogP contribution in [0.5, 0.6) is 0 Å². The number of amides is 1. The van der Waals surface area contributed by atoms with Crippen LogP contribution in [0.2, 0.25) is 0 Å². The van der Waals surface area contributed by atoms with Crippen LogP contribution in [0, 0.1) is 0 Å². The predicted molar refractivity (Wildman–Crippen MR) is 89.5 cm³/mol. The fraction of sp³-hybridized carbons (Fsp3) is 0.312. The van der Waals surface area contributed by atoms with Gasteiger partial charge < -0.3 is 10.4 Å². The summed E-state index contributed by atoms with van der Waals surface area (Å²) in [5, 5.41) is 5.25. The van der Waals surface area contributed by atoms with E-state index >= 15 is 0 Å². The van der Waals surface area contributed by atoms with Gasteiger partial charge in [-0.15, -0.1) is 0 Å². The average Bonchev–Trinajstić information content (AvgIpc) is 3.16. The van der Waals surface area contributed by atoms with E-state index in [0.29, 0.717) is 12.1 Å². The molecule has 1 amide bonds. The second-order valence-corrected chi connectivity index (χ2v) is 7.86. The van der Waals surface area contributed by atoms with Crippen molar-refractivity contribution in [1.29, 1.82) is 0 Å². The molecule has 2 N–H and O–H groups in total. The van der Waals surface area contributed by atoms with E-state index in [4.69, 9.17) is 0 Å². The Labute approximate surface area is 143 Å². The zero-order chi connectivity index (χ0) is 18.4. The number of H-pyrrole nitrogens is 1. The first-order chi connectivity index (χ1) is 11.8. The molecule has 0 radical (unpaired) electrons. The molecule has 132 valence electrons. The summed E-state index contributed by atoms with van der Waals surface area (Å²) >= 11 is 0. The molecule has 0 unspecified atom stereocenters. The number of hydrogen-bond acceptors (Lipinski definition) is 5. The zero-order valence-electron chi connectivity index (χ0n) is 13.8. The van der Waals surface area contributed by atoms with Crippen LogP contribution in [0.4, 0.5) is 0 Å². The normalized spacial score (nSPS) is 13.6. The molecule has 0 saturated heterocycles. The average molecular weight is 363 g/mol. The summed E-state index contributed by atoms with van der Waals surface area (Å²) in [5.41, 5.74) is -0.0340. The van der Waals surface area contributed by atoms with Gasteiger partial charge >= 0.3 is 0 Å². The van der Waals surface area contributed by atoms with E-state index in [1.54, 1.807) is 6.92 Å². The molecule has 0 atom stereocenters. The first-order valence-electron chi connectivity index (χ1n) is 7.81. The van der Waals surface area contributed by atoms with Gasteiger partial charge in [0.05, 0.1) is 16.2 Å². The molecule has 25 heavy (non-hydrogen) atoms. The van der Waals surface area contributed by atoms with E-state index in [1.165, 1.54) is 29.9 Å². The summed E-state index contributed by atoms with van der Waals surface area (Å²) in [5.74, 6) is -1.22. The second kappa shape index (κ2) is 5.99. The predicted octanol–water partition coefficient (Wildman–Crippen LogP) is 0.464. The van der Waals surface area contributed by atoms with E-state index in [9.17, 15) is 22.8 Å². The molecule has 0 bridgehead atoms. The molecule has 0 spiro atoms. The number of hydrogen-bond donors (Lipinski definition) is 2. The monoisotopic (exact) mass is 363 g/mol. The Hall–Kier alpha value is -2.68. The van der Waals surface area contributed by atoms with E-state index in [-0.39, 0.29) is 33.9 Å². The van der Waals surface area contributed by atoms with Crippen molar-refractivity contribution in [3.63, 3.8) is 0 Å². The van der Waals surface area contributed by atoms with Gasteiger partial charge in [0.2, 0.25) is 5.78 Å². The highest BCUT2D eigenvalue weighted by Gasteiger charge is 2.32. The summed E-state index contributed by atoms with van der Waals surface area (Å²) in [6.07, 6.45) is 1.32. The van der Waals surface area contributed by atoms with Crippen LogP contribution in [0.1, 0.15) is 45.7 Å². The number of aryl methyl sites for hydroxylation is 1. The van der Waals surface area contributed by atoms with Crippen LogP contribution in [0.25, 0.3) is 0 Å². The number of fused-ring (bicyclic) bond motifs is 1. The number of aromatic amines is 1. The second-order valence-electron chi connectivity index (χ2n) is 5.62. The van der Waals surface area contributed by atoms with Crippen LogP contribution in [-0.2, 0) is 22.9 Å². The van der Waals surface area contributed by atoms with Crippen LogP contribution in [0.15, 0.2) is 28.0 Å². The molecule has 2 aromatic rings.